The molecule has 0 aliphatic heterocycles. The van der Waals surface area contributed by atoms with Gasteiger partial charge in [0.15, 0.2) is 11.5 Å². The molecule has 0 radical (unpaired) electrons. The van der Waals surface area contributed by atoms with Crippen molar-refractivity contribution in [1.82, 2.24) is 0 Å². The maximum absolute atomic E-state index is 14.3. The standard InChI is InChI=1S/C34H44F2O2/c1-3-5-23-6-11-30-21-29(17-16-28(30)20-23)27-14-12-26(13-15-27)25-9-7-24(8-10-25)22-38-32-19-18-31(37-4-2)33(35)34(32)36/h3,5,7-10,18-19,23,26-30H,4,6,11-17,20-22H2,1-2H3/b5-3+. The lowest BCUT2D eigenvalue weighted by Crippen LogP contribution is -2.34. The van der Waals surface area contributed by atoms with E-state index in [-0.39, 0.29) is 24.7 Å². The van der Waals surface area contributed by atoms with Crippen LogP contribution >= 0.6 is 0 Å². The lowest BCUT2D eigenvalue weighted by molar-refractivity contribution is 0.0719. The third kappa shape index (κ3) is 6.26. The number of halogens is 2. The van der Waals surface area contributed by atoms with Crippen LogP contribution in [0.4, 0.5) is 8.78 Å². The van der Waals surface area contributed by atoms with E-state index < -0.39 is 11.6 Å². The van der Waals surface area contributed by atoms with Crippen LogP contribution in [0.2, 0.25) is 0 Å². The monoisotopic (exact) mass is 522 g/mol. The van der Waals surface area contributed by atoms with E-state index >= 15 is 0 Å². The first-order valence-corrected chi connectivity index (χ1v) is 15.0. The summed E-state index contributed by atoms with van der Waals surface area (Å²) in [5.41, 5.74) is 2.36. The van der Waals surface area contributed by atoms with Crippen LogP contribution in [0.1, 0.15) is 95.1 Å². The Morgan fingerprint density at radius 2 is 1.29 bits per heavy atom. The average molecular weight is 523 g/mol. The Balaban J connectivity index is 1.09. The SMILES string of the molecule is C/C=C/C1CCC2CC(C3CCC(c4ccc(COc5ccc(OCC)c(F)c5F)cc4)CC3)CCC2C1. The van der Waals surface area contributed by atoms with Crippen LogP contribution in [0.25, 0.3) is 0 Å². The number of allylic oxidation sites excluding steroid dienone is 2. The molecule has 4 unspecified atom stereocenters. The van der Waals surface area contributed by atoms with Crippen LogP contribution < -0.4 is 9.47 Å². The molecular formula is C34H44F2O2. The lowest BCUT2D eigenvalue weighted by atomic mass is 9.61. The van der Waals surface area contributed by atoms with Crippen LogP contribution in [0.15, 0.2) is 48.6 Å². The Labute approximate surface area is 227 Å². The van der Waals surface area contributed by atoms with E-state index in [1.165, 1.54) is 81.9 Å². The van der Waals surface area contributed by atoms with E-state index in [2.05, 4.69) is 43.3 Å². The van der Waals surface area contributed by atoms with Gasteiger partial charge in [-0.05, 0) is 137 Å². The minimum atomic E-state index is -1.00. The smallest absolute Gasteiger partial charge is 0.204 e. The van der Waals surface area contributed by atoms with Crippen molar-refractivity contribution in [2.24, 2.45) is 29.6 Å². The third-order valence-corrected chi connectivity index (χ3v) is 9.75. The van der Waals surface area contributed by atoms with Crippen molar-refractivity contribution < 1.29 is 18.3 Å². The Morgan fingerprint density at radius 3 is 1.95 bits per heavy atom. The van der Waals surface area contributed by atoms with E-state index in [4.69, 9.17) is 9.47 Å². The molecule has 38 heavy (non-hydrogen) atoms. The van der Waals surface area contributed by atoms with Crippen LogP contribution in [-0.4, -0.2) is 6.61 Å². The highest BCUT2D eigenvalue weighted by molar-refractivity contribution is 5.35. The second kappa shape index (κ2) is 12.7. The minimum absolute atomic E-state index is 0.0868. The molecule has 0 aromatic heterocycles. The van der Waals surface area contributed by atoms with Gasteiger partial charge >= 0.3 is 0 Å². The molecule has 0 amide bonds. The molecule has 206 valence electrons. The van der Waals surface area contributed by atoms with Gasteiger partial charge in [-0.25, -0.2) is 0 Å². The van der Waals surface area contributed by atoms with Crippen LogP contribution in [0.3, 0.4) is 0 Å². The van der Waals surface area contributed by atoms with Crippen molar-refractivity contribution in [3.05, 3.63) is 71.3 Å². The average Bonchev–Trinajstić information content (AvgIpc) is 2.95. The highest BCUT2D eigenvalue weighted by Gasteiger charge is 2.38. The van der Waals surface area contributed by atoms with E-state index in [0.717, 1.165) is 35.2 Å². The maximum Gasteiger partial charge on any atom is 0.204 e. The second-order valence-corrected chi connectivity index (χ2v) is 12.0. The van der Waals surface area contributed by atoms with Crippen molar-refractivity contribution in [3.8, 4) is 11.5 Å². The summed E-state index contributed by atoms with van der Waals surface area (Å²) in [5.74, 6) is 3.11. The summed E-state index contributed by atoms with van der Waals surface area (Å²) in [6.45, 7) is 4.39. The zero-order valence-corrected chi connectivity index (χ0v) is 23.1. The molecule has 4 heteroatoms. The van der Waals surface area contributed by atoms with Crippen LogP contribution in [-0.2, 0) is 6.61 Å². The summed E-state index contributed by atoms with van der Waals surface area (Å²) in [4.78, 5) is 0. The lowest BCUT2D eigenvalue weighted by Gasteiger charge is -2.45. The molecule has 3 saturated carbocycles. The molecule has 0 N–H and O–H groups in total. The largest absolute Gasteiger partial charge is 0.491 e. The Hall–Kier alpha value is -2.36. The van der Waals surface area contributed by atoms with Gasteiger partial charge in [0, 0.05) is 0 Å². The number of hydrogen-bond acceptors (Lipinski definition) is 2. The molecule has 3 aliphatic carbocycles. The van der Waals surface area contributed by atoms with Gasteiger partial charge in [-0.3, -0.25) is 0 Å². The van der Waals surface area contributed by atoms with E-state index in [1.807, 2.05) is 0 Å². The second-order valence-electron chi connectivity index (χ2n) is 12.0. The molecule has 0 spiro atoms. The number of hydrogen-bond donors (Lipinski definition) is 0. The highest BCUT2D eigenvalue weighted by Crippen LogP contribution is 2.50. The van der Waals surface area contributed by atoms with Crippen molar-refractivity contribution in [2.45, 2.75) is 90.6 Å². The van der Waals surface area contributed by atoms with Crippen molar-refractivity contribution in [2.75, 3.05) is 6.61 Å². The summed E-state index contributed by atoms with van der Waals surface area (Å²) in [6.07, 6.45) is 18.7. The molecule has 5 rings (SSSR count). The molecule has 0 bridgehead atoms. The Bertz CT molecular complexity index is 1070. The topological polar surface area (TPSA) is 18.5 Å². The van der Waals surface area contributed by atoms with Crippen LogP contribution in [0.5, 0.6) is 11.5 Å². The summed E-state index contributed by atoms with van der Waals surface area (Å²) in [7, 11) is 0. The summed E-state index contributed by atoms with van der Waals surface area (Å²) < 4.78 is 39.1. The molecule has 0 heterocycles. The Kier molecular flexibility index (Phi) is 9.07. The first-order valence-electron chi connectivity index (χ1n) is 15.0. The molecule has 0 saturated heterocycles. The zero-order chi connectivity index (χ0) is 26.5. The third-order valence-electron chi connectivity index (χ3n) is 9.75. The first-order chi connectivity index (χ1) is 18.6. The predicted molar refractivity (Wildman–Crippen MR) is 149 cm³/mol. The minimum Gasteiger partial charge on any atom is -0.491 e. The van der Waals surface area contributed by atoms with Crippen molar-refractivity contribution in [1.29, 1.82) is 0 Å². The van der Waals surface area contributed by atoms with Gasteiger partial charge in [0.1, 0.15) is 6.61 Å². The number of benzene rings is 2. The zero-order valence-electron chi connectivity index (χ0n) is 23.1. The highest BCUT2D eigenvalue weighted by atomic mass is 19.2. The van der Waals surface area contributed by atoms with Gasteiger partial charge < -0.3 is 9.47 Å². The van der Waals surface area contributed by atoms with Gasteiger partial charge in [-0.2, -0.15) is 8.78 Å². The fourth-order valence-corrected chi connectivity index (χ4v) is 7.70. The molecule has 2 nitrogen and oxygen atoms in total. The van der Waals surface area contributed by atoms with E-state index in [0.29, 0.717) is 5.92 Å². The van der Waals surface area contributed by atoms with Crippen LogP contribution in [0, 0.1) is 41.2 Å². The molecule has 3 fully saturated rings. The molecule has 4 atom stereocenters. The van der Waals surface area contributed by atoms with Gasteiger partial charge in [-0.15, -0.1) is 0 Å². The van der Waals surface area contributed by atoms with E-state index in [1.54, 1.807) is 6.92 Å². The number of ether oxygens (including phenoxy) is 2. The van der Waals surface area contributed by atoms with Gasteiger partial charge in [0.2, 0.25) is 11.6 Å². The van der Waals surface area contributed by atoms with Gasteiger partial charge in [-0.1, -0.05) is 36.4 Å². The van der Waals surface area contributed by atoms with Crippen molar-refractivity contribution >= 4 is 0 Å². The quantitative estimate of drug-likeness (QED) is 0.321. The Morgan fingerprint density at radius 1 is 0.711 bits per heavy atom. The summed E-state index contributed by atoms with van der Waals surface area (Å²) in [5, 5.41) is 0. The molecule has 3 aliphatic rings. The maximum atomic E-state index is 14.3. The van der Waals surface area contributed by atoms with Crippen molar-refractivity contribution in [3.63, 3.8) is 0 Å². The predicted octanol–water partition coefficient (Wildman–Crippen LogP) is 9.62. The first kappa shape index (κ1) is 27.2. The van der Waals surface area contributed by atoms with E-state index in [9.17, 15) is 8.78 Å². The molecular weight excluding hydrogens is 478 g/mol. The fourth-order valence-electron chi connectivity index (χ4n) is 7.70. The normalized spacial score (nSPS) is 29.7. The summed E-state index contributed by atoms with van der Waals surface area (Å²) >= 11 is 0. The fraction of sp³-hybridized carbons (Fsp3) is 0.588. The molecule has 2 aromatic carbocycles. The van der Waals surface area contributed by atoms with Gasteiger partial charge in [0.05, 0.1) is 6.61 Å². The number of rotatable bonds is 8. The number of fused-ring (bicyclic) bond motifs is 1. The molecule has 2 aromatic rings. The summed E-state index contributed by atoms with van der Waals surface area (Å²) in [6, 6.07) is 11.4. The van der Waals surface area contributed by atoms with Gasteiger partial charge in [0.25, 0.3) is 0 Å².